The molecule has 0 amide bonds. The average Bonchev–Trinajstić information content (AvgIpc) is 2.40. The van der Waals surface area contributed by atoms with E-state index in [4.69, 9.17) is 0 Å². The van der Waals surface area contributed by atoms with E-state index in [1.807, 2.05) is 13.0 Å². The lowest BCUT2D eigenvalue weighted by Crippen LogP contribution is -2.01. The fourth-order valence-electron chi connectivity index (χ4n) is 1.88. The number of H-pyrrole nitrogens is 1. The van der Waals surface area contributed by atoms with Gasteiger partial charge in [0.25, 0.3) is 5.56 Å². The second-order valence-corrected chi connectivity index (χ2v) is 3.94. The maximum absolute atomic E-state index is 11.8. The van der Waals surface area contributed by atoms with Gasteiger partial charge in [0.1, 0.15) is 0 Å². The average molecular weight is 231 g/mol. The fraction of sp³-hybridized carbons (Fsp3) is 0.231. The van der Waals surface area contributed by atoms with Crippen LogP contribution in [0.4, 0.5) is 0 Å². The first-order valence-electron chi connectivity index (χ1n) is 5.51. The number of aryl methyl sites for hydroxylation is 1. The van der Waals surface area contributed by atoms with Crippen molar-refractivity contribution >= 4 is 10.9 Å². The number of benzene rings is 1. The summed E-state index contributed by atoms with van der Waals surface area (Å²) in [5, 5.41) is 9.77. The van der Waals surface area contributed by atoms with E-state index < -0.39 is 11.3 Å². The molecule has 0 aliphatic heterocycles. The van der Waals surface area contributed by atoms with Crippen molar-refractivity contribution < 1.29 is 5.11 Å². The Morgan fingerprint density at radius 2 is 2.06 bits per heavy atom. The van der Waals surface area contributed by atoms with Crippen LogP contribution in [-0.4, -0.2) is 10.1 Å². The number of hydrogen-bond donors (Lipinski definition) is 2. The highest BCUT2D eigenvalue weighted by Gasteiger charge is 2.05. The van der Waals surface area contributed by atoms with Crippen molar-refractivity contribution in [2.24, 2.45) is 0 Å². The molecule has 0 unspecified atom stereocenters. The number of rotatable bonds is 2. The van der Waals surface area contributed by atoms with Crippen LogP contribution >= 0.6 is 0 Å². The van der Waals surface area contributed by atoms with Crippen LogP contribution in [-0.2, 0) is 6.42 Å². The zero-order valence-corrected chi connectivity index (χ0v) is 9.49. The summed E-state index contributed by atoms with van der Waals surface area (Å²) in [6.45, 7) is 2.02. The summed E-state index contributed by atoms with van der Waals surface area (Å²) in [4.78, 5) is 25.9. The van der Waals surface area contributed by atoms with Crippen LogP contribution in [0.25, 0.3) is 10.9 Å². The summed E-state index contributed by atoms with van der Waals surface area (Å²) in [6, 6.07) is 6.26. The number of fused-ring (bicyclic) bond motifs is 1. The van der Waals surface area contributed by atoms with Crippen molar-refractivity contribution in [2.45, 2.75) is 19.8 Å². The molecule has 1 aromatic carbocycles. The van der Waals surface area contributed by atoms with Gasteiger partial charge >= 0.3 is 0 Å². The van der Waals surface area contributed by atoms with Crippen LogP contribution in [0, 0.1) is 0 Å². The molecule has 0 bridgehead atoms. The van der Waals surface area contributed by atoms with Crippen molar-refractivity contribution in [3.8, 4) is 5.75 Å². The van der Waals surface area contributed by atoms with Gasteiger partial charge in [-0.25, -0.2) is 0 Å². The summed E-state index contributed by atoms with van der Waals surface area (Å²) in [6.07, 6.45) is 1.69. The molecule has 1 heterocycles. The molecule has 2 aromatic rings. The fourth-order valence-corrected chi connectivity index (χ4v) is 1.88. The summed E-state index contributed by atoms with van der Waals surface area (Å²) in [7, 11) is 0. The third-order valence-corrected chi connectivity index (χ3v) is 2.67. The third-order valence-electron chi connectivity index (χ3n) is 2.67. The minimum atomic E-state index is -0.638. The molecule has 0 saturated carbocycles. The lowest BCUT2D eigenvalue weighted by atomic mass is 10.1. The molecule has 0 aliphatic rings. The second kappa shape index (κ2) is 4.41. The van der Waals surface area contributed by atoms with Gasteiger partial charge in [0.05, 0.1) is 5.52 Å². The topological polar surface area (TPSA) is 70.2 Å². The number of aromatic amines is 1. The molecule has 2 N–H and O–H groups in total. The Balaban J connectivity index is 2.96. The molecule has 88 valence electrons. The predicted octanol–water partition coefficient (Wildman–Crippen LogP) is 1.55. The van der Waals surface area contributed by atoms with Gasteiger partial charge in [0, 0.05) is 11.5 Å². The third kappa shape index (κ3) is 2.06. The van der Waals surface area contributed by atoms with E-state index >= 15 is 0 Å². The molecule has 0 atom stereocenters. The summed E-state index contributed by atoms with van der Waals surface area (Å²) in [5.41, 5.74) is 0.439. The first-order valence-corrected chi connectivity index (χ1v) is 5.51. The smallest absolute Gasteiger partial charge is 0.290 e. The maximum atomic E-state index is 11.8. The van der Waals surface area contributed by atoms with E-state index in [0.29, 0.717) is 10.9 Å². The van der Waals surface area contributed by atoms with Gasteiger partial charge in [-0.3, -0.25) is 9.59 Å². The largest absolute Gasteiger partial charge is 0.503 e. The zero-order valence-electron chi connectivity index (χ0n) is 9.49. The quantitative estimate of drug-likeness (QED) is 0.823. The van der Waals surface area contributed by atoms with Gasteiger partial charge in [0.15, 0.2) is 11.2 Å². The Labute approximate surface area is 97.6 Å². The van der Waals surface area contributed by atoms with Gasteiger partial charge in [-0.05, 0) is 18.1 Å². The monoisotopic (exact) mass is 231 g/mol. The number of hydrogen-bond acceptors (Lipinski definition) is 3. The molecule has 0 aliphatic carbocycles. The predicted molar refractivity (Wildman–Crippen MR) is 66.5 cm³/mol. The Morgan fingerprint density at radius 1 is 1.29 bits per heavy atom. The molecule has 0 saturated heterocycles. The van der Waals surface area contributed by atoms with Crippen LogP contribution in [0.1, 0.15) is 18.9 Å². The molecule has 1 aromatic heterocycles. The molecule has 17 heavy (non-hydrogen) atoms. The highest BCUT2D eigenvalue weighted by atomic mass is 16.3. The normalized spacial score (nSPS) is 10.6. The number of nitrogens with one attached hydrogen (secondary N) is 1. The van der Waals surface area contributed by atoms with Gasteiger partial charge in [0.2, 0.25) is 0 Å². The van der Waals surface area contributed by atoms with Gasteiger partial charge in [-0.15, -0.1) is 0 Å². The van der Waals surface area contributed by atoms with Crippen molar-refractivity contribution in [3.63, 3.8) is 0 Å². The molecule has 4 nitrogen and oxygen atoms in total. The molecule has 4 heteroatoms. The Morgan fingerprint density at radius 3 is 2.76 bits per heavy atom. The lowest BCUT2D eigenvalue weighted by Gasteiger charge is -2.01. The Bertz CT molecular complexity index is 673. The van der Waals surface area contributed by atoms with E-state index in [2.05, 4.69) is 4.98 Å². The maximum Gasteiger partial charge on any atom is 0.290 e. The minimum absolute atomic E-state index is 0.353. The zero-order chi connectivity index (χ0) is 12.4. The molecular weight excluding hydrogens is 218 g/mol. The van der Waals surface area contributed by atoms with Gasteiger partial charge in [-0.2, -0.15) is 0 Å². The first-order chi connectivity index (χ1) is 8.13. The van der Waals surface area contributed by atoms with Crippen LogP contribution in [0.3, 0.4) is 0 Å². The van der Waals surface area contributed by atoms with E-state index in [1.54, 1.807) is 12.1 Å². The highest BCUT2D eigenvalue weighted by molar-refractivity contribution is 5.81. The molecular formula is C13H13NO3. The van der Waals surface area contributed by atoms with E-state index in [-0.39, 0.29) is 5.43 Å². The highest BCUT2D eigenvalue weighted by Crippen LogP contribution is 2.14. The summed E-state index contributed by atoms with van der Waals surface area (Å²) >= 11 is 0. The van der Waals surface area contributed by atoms with E-state index in [9.17, 15) is 14.7 Å². The van der Waals surface area contributed by atoms with Crippen LogP contribution < -0.4 is 11.0 Å². The van der Waals surface area contributed by atoms with E-state index in [0.717, 1.165) is 24.5 Å². The number of aromatic hydroxyl groups is 1. The number of para-hydroxylation sites is 1. The van der Waals surface area contributed by atoms with Crippen molar-refractivity contribution in [1.82, 2.24) is 4.98 Å². The van der Waals surface area contributed by atoms with Crippen LogP contribution in [0.2, 0.25) is 0 Å². The van der Waals surface area contributed by atoms with Crippen molar-refractivity contribution in [2.75, 3.05) is 0 Å². The van der Waals surface area contributed by atoms with Crippen molar-refractivity contribution in [1.29, 1.82) is 0 Å². The minimum Gasteiger partial charge on any atom is -0.503 e. The SMILES string of the molecule is CCCc1cccc2c(=O)cc(O)c(=O)[nH]c12. The van der Waals surface area contributed by atoms with Crippen LogP contribution in [0.15, 0.2) is 33.9 Å². The Kier molecular flexibility index (Phi) is 2.95. The van der Waals surface area contributed by atoms with Crippen LogP contribution in [0.5, 0.6) is 5.75 Å². The van der Waals surface area contributed by atoms with Gasteiger partial charge < -0.3 is 10.1 Å². The molecule has 0 radical (unpaired) electrons. The first kappa shape index (κ1) is 11.4. The molecule has 2 rings (SSSR count). The molecule has 0 spiro atoms. The lowest BCUT2D eigenvalue weighted by molar-refractivity contribution is 0.468. The van der Waals surface area contributed by atoms with Gasteiger partial charge in [-0.1, -0.05) is 25.5 Å². The second-order valence-electron chi connectivity index (χ2n) is 3.94. The number of aromatic nitrogens is 1. The Hall–Kier alpha value is -2.10. The summed E-state index contributed by atoms with van der Waals surface area (Å²) in [5.74, 6) is -0.548. The van der Waals surface area contributed by atoms with Crippen molar-refractivity contribution in [3.05, 3.63) is 50.4 Å². The summed E-state index contributed by atoms with van der Waals surface area (Å²) < 4.78 is 0. The standard InChI is InChI=1S/C13H13NO3/c1-2-4-8-5-3-6-9-10(15)7-11(16)13(17)14-12(8)9/h3,5-7,16H,2,4H2,1H3,(H,14,17). The van der Waals surface area contributed by atoms with E-state index in [1.165, 1.54) is 0 Å². The molecule has 0 fully saturated rings.